The Morgan fingerprint density at radius 3 is 2.55 bits per heavy atom. The molecular formula is C11H13FN2O5S. The molecule has 0 bridgehead atoms. The van der Waals surface area contributed by atoms with Gasteiger partial charge in [-0.3, -0.25) is 9.59 Å². The maximum atomic E-state index is 13.4. The highest BCUT2D eigenvalue weighted by atomic mass is 32.2. The number of carboxylic acids is 1. The first-order valence-corrected chi connectivity index (χ1v) is 6.99. The second-order valence-electron chi connectivity index (χ2n) is 3.86. The van der Waals surface area contributed by atoms with Crippen molar-refractivity contribution in [3.63, 3.8) is 0 Å². The normalized spacial score (nSPS) is 11.1. The summed E-state index contributed by atoms with van der Waals surface area (Å²) < 4.78 is 39.1. The summed E-state index contributed by atoms with van der Waals surface area (Å²) in [6.45, 7) is 0.871. The SMILES string of the molecule is CC(=O)Nc1cc(S(=O)(=O)NCCC(=O)O)ccc1F. The molecule has 0 aliphatic heterocycles. The fourth-order valence-electron chi connectivity index (χ4n) is 1.33. The largest absolute Gasteiger partial charge is 0.481 e. The van der Waals surface area contributed by atoms with Crippen molar-refractivity contribution in [2.75, 3.05) is 11.9 Å². The molecule has 0 saturated heterocycles. The van der Waals surface area contributed by atoms with Crippen LogP contribution in [0.1, 0.15) is 13.3 Å². The van der Waals surface area contributed by atoms with E-state index in [-0.39, 0.29) is 23.5 Å². The van der Waals surface area contributed by atoms with E-state index in [4.69, 9.17) is 5.11 Å². The Labute approximate surface area is 114 Å². The maximum absolute atomic E-state index is 13.4. The number of hydrogen-bond donors (Lipinski definition) is 3. The lowest BCUT2D eigenvalue weighted by molar-refractivity contribution is -0.136. The molecule has 1 rings (SSSR count). The van der Waals surface area contributed by atoms with E-state index < -0.39 is 27.7 Å². The van der Waals surface area contributed by atoms with Gasteiger partial charge in [-0.05, 0) is 18.2 Å². The Kier molecular flexibility index (Phi) is 5.17. The van der Waals surface area contributed by atoms with E-state index >= 15 is 0 Å². The van der Waals surface area contributed by atoms with Crippen molar-refractivity contribution in [3.05, 3.63) is 24.0 Å². The molecule has 7 nitrogen and oxygen atoms in total. The summed E-state index contributed by atoms with van der Waals surface area (Å²) in [7, 11) is -3.96. The van der Waals surface area contributed by atoms with Crippen molar-refractivity contribution < 1.29 is 27.5 Å². The van der Waals surface area contributed by atoms with Gasteiger partial charge >= 0.3 is 5.97 Å². The van der Waals surface area contributed by atoms with Crippen molar-refractivity contribution in [2.45, 2.75) is 18.2 Å². The number of rotatable bonds is 6. The first-order chi connectivity index (χ1) is 9.22. The average Bonchev–Trinajstić information content (AvgIpc) is 2.30. The van der Waals surface area contributed by atoms with Gasteiger partial charge in [0.15, 0.2) is 0 Å². The average molecular weight is 304 g/mol. The predicted molar refractivity (Wildman–Crippen MR) is 68.1 cm³/mol. The molecule has 0 unspecified atom stereocenters. The van der Waals surface area contributed by atoms with Gasteiger partial charge < -0.3 is 10.4 Å². The van der Waals surface area contributed by atoms with Crippen LogP contribution in [0.4, 0.5) is 10.1 Å². The monoisotopic (exact) mass is 304 g/mol. The van der Waals surface area contributed by atoms with Crippen molar-refractivity contribution in [1.82, 2.24) is 4.72 Å². The number of sulfonamides is 1. The molecule has 110 valence electrons. The van der Waals surface area contributed by atoms with Gasteiger partial charge in [0.2, 0.25) is 15.9 Å². The highest BCUT2D eigenvalue weighted by molar-refractivity contribution is 7.89. The van der Waals surface area contributed by atoms with Gasteiger partial charge in [0, 0.05) is 13.5 Å². The van der Waals surface area contributed by atoms with Gasteiger partial charge in [0.25, 0.3) is 0 Å². The van der Waals surface area contributed by atoms with Gasteiger partial charge in [-0.1, -0.05) is 0 Å². The lowest BCUT2D eigenvalue weighted by Crippen LogP contribution is -2.26. The van der Waals surface area contributed by atoms with E-state index in [0.29, 0.717) is 0 Å². The number of amides is 1. The molecule has 0 aliphatic rings. The van der Waals surface area contributed by atoms with Crippen LogP contribution in [0.25, 0.3) is 0 Å². The van der Waals surface area contributed by atoms with Gasteiger partial charge in [-0.15, -0.1) is 0 Å². The third-order valence-corrected chi connectivity index (χ3v) is 3.65. The van der Waals surface area contributed by atoms with E-state index in [2.05, 4.69) is 10.0 Å². The molecule has 0 saturated carbocycles. The second kappa shape index (κ2) is 6.44. The Morgan fingerprint density at radius 1 is 1.35 bits per heavy atom. The molecule has 9 heteroatoms. The molecule has 3 N–H and O–H groups in total. The number of halogens is 1. The number of nitrogens with one attached hydrogen (secondary N) is 2. The van der Waals surface area contributed by atoms with Crippen molar-refractivity contribution in [3.8, 4) is 0 Å². The molecule has 0 radical (unpaired) electrons. The van der Waals surface area contributed by atoms with Crippen LogP contribution >= 0.6 is 0 Å². The number of anilines is 1. The van der Waals surface area contributed by atoms with Gasteiger partial charge in [-0.25, -0.2) is 17.5 Å². The number of aliphatic carboxylic acids is 1. The Hall–Kier alpha value is -2.00. The fraction of sp³-hybridized carbons (Fsp3) is 0.273. The van der Waals surface area contributed by atoms with Gasteiger partial charge in [0.05, 0.1) is 17.0 Å². The molecule has 0 heterocycles. The molecular weight excluding hydrogens is 291 g/mol. The lowest BCUT2D eigenvalue weighted by Gasteiger charge is -2.09. The van der Waals surface area contributed by atoms with Crippen molar-refractivity contribution >= 4 is 27.6 Å². The summed E-state index contributed by atoms with van der Waals surface area (Å²) in [6, 6.07) is 2.88. The summed E-state index contributed by atoms with van der Waals surface area (Å²) in [5.74, 6) is -2.47. The van der Waals surface area contributed by atoms with Crippen LogP contribution in [0, 0.1) is 5.82 Å². The quantitative estimate of drug-likeness (QED) is 0.710. The van der Waals surface area contributed by atoms with Crippen LogP contribution < -0.4 is 10.0 Å². The number of carboxylic acid groups (broad SMARTS) is 1. The van der Waals surface area contributed by atoms with Crippen LogP contribution in [0.5, 0.6) is 0 Å². The highest BCUT2D eigenvalue weighted by Crippen LogP contribution is 2.19. The molecule has 0 atom stereocenters. The summed E-state index contributed by atoms with van der Waals surface area (Å²) in [4.78, 5) is 20.9. The third kappa shape index (κ3) is 4.59. The zero-order valence-corrected chi connectivity index (χ0v) is 11.3. The minimum Gasteiger partial charge on any atom is -0.481 e. The summed E-state index contributed by atoms with van der Waals surface area (Å²) in [6.07, 6.45) is -0.376. The summed E-state index contributed by atoms with van der Waals surface area (Å²) in [5, 5.41) is 10.6. The van der Waals surface area contributed by atoms with Crippen LogP contribution in [0.3, 0.4) is 0 Å². The third-order valence-electron chi connectivity index (χ3n) is 2.19. The van der Waals surface area contributed by atoms with E-state index in [1.54, 1.807) is 0 Å². The molecule has 1 aromatic rings. The van der Waals surface area contributed by atoms with E-state index in [1.807, 2.05) is 0 Å². The first kappa shape index (κ1) is 16.1. The number of carbonyl (C=O) groups is 2. The van der Waals surface area contributed by atoms with Gasteiger partial charge in [0.1, 0.15) is 5.82 Å². The maximum Gasteiger partial charge on any atom is 0.304 e. The molecule has 20 heavy (non-hydrogen) atoms. The summed E-state index contributed by atoms with van der Waals surface area (Å²) in [5.41, 5.74) is -0.265. The molecule has 1 amide bonds. The molecule has 0 aromatic heterocycles. The zero-order valence-electron chi connectivity index (χ0n) is 10.5. The minimum absolute atomic E-state index is 0.265. The summed E-state index contributed by atoms with van der Waals surface area (Å²) >= 11 is 0. The van der Waals surface area contributed by atoms with Crippen molar-refractivity contribution in [2.24, 2.45) is 0 Å². The lowest BCUT2D eigenvalue weighted by atomic mass is 10.3. The molecule has 0 fully saturated rings. The van der Waals surface area contributed by atoms with Gasteiger partial charge in [-0.2, -0.15) is 0 Å². The fourth-order valence-corrected chi connectivity index (χ4v) is 2.39. The van der Waals surface area contributed by atoms with E-state index in [1.165, 1.54) is 0 Å². The Bertz CT molecular complexity index is 630. The zero-order chi connectivity index (χ0) is 15.3. The number of hydrogen-bond acceptors (Lipinski definition) is 4. The van der Waals surface area contributed by atoms with E-state index in [9.17, 15) is 22.4 Å². The smallest absolute Gasteiger partial charge is 0.304 e. The first-order valence-electron chi connectivity index (χ1n) is 5.51. The Balaban J connectivity index is 2.95. The predicted octanol–water partition coefficient (Wildman–Crippen LogP) is 0.537. The topological polar surface area (TPSA) is 113 Å². The molecule has 0 aliphatic carbocycles. The van der Waals surface area contributed by atoms with Crippen LogP contribution in [-0.4, -0.2) is 31.9 Å². The second-order valence-corrected chi connectivity index (χ2v) is 5.63. The standard InChI is InChI=1S/C11H13FN2O5S/c1-7(15)14-10-6-8(2-3-9(10)12)20(18,19)13-5-4-11(16)17/h2-3,6,13H,4-5H2,1H3,(H,14,15)(H,16,17). The van der Waals surface area contributed by atoms with Crippen molar-refractivity contribution in [1.29, 1.82) is 0 Å². The van der Waals surface area contributed by atoms with E-state index in [0.717, 1.165) is 25.1 Å². The molecule has 1 aromatic carbocycles. The number of carbonyl (C=O) groups excluding carboxylic acids is 1. The van der Waals surface area contributed by atoms with Crippen LogP contribution in [0.2, 0.25) is 0 Å². The minimum atomic E-state index is -3.96. The number of benzene rings is 1. The Morgan fingerprint density at radius 2 is 2.00 bits per heavy atom. The van der Waals surface area contributed by atoms with Crippen LogP contribution in [-0.2, 0) is 19.6 Å². The molecule has 0 spiro atoms. The van der Waals surface area contributed by atoms with Crippen LogP contribution in [0.15, 0.2) is 23.1 Å². The highest BCUT2D eigenvalue weighted by Gasteiger charge is 2.16.